The first-order valence-corrected chi connectivity index (χ1v) is 5.52. The quantitative estimate of drug-likeness (QED) is 0.820. The zero-order chi connectivity index (χ0) is 13.8. The summed E-state index contributed by atoms with van der Waals surface area (Å²) in [6.45, 7) is 1.83. The van der Waals surface area contributed by atoms with Crippen LogP contribution in [0.25, 0.3) is 11.4 Å². The lowest BCUT2D eigenvalue weighted by molar-refractivity contribution is 0.371. The molecule has 7 heteroatoms. The Labute approximate surface area is 110 Å². The van der Waals surface area contributed by atoms with Crippen LogP contribution in [0.3, 0.4) is 0 Å². The third-order valence-corrected chi connectivity index (χ3v) is 2.52. The summed E-state index contributed by atoms with van der Waals surface area (Å²) in [6.07, 6.45) is 1.43. The molecule has 0 radical (unpaired) electrons. The van der Waals surface area contributed by atoms with Crippen LogP contribution in [0.15, 0.2) is 12.4 Å². The van der Waals surface area contributed by atoms with Crippen LogP contribution in [-0.4, -0.2) is 41.3 Å². The van der Waals surface area contributed by atoms with Crippen molar-refractivity contribution in [2.75, 3.05) is 21.3 Å². The van der Waals surface area contributed by atoms with Crippen LogP contribution in [0.1, 0.15) is 5.69 Å². The fourth-order valence-electron chi connectivity index (χ4n) is 1.59. The molecule has 0 unspecified atom stereocenters. The van der Waals surface area contributed by atoms with E-state index in [-0.39, 0.29) is 0 Å². The summed E-state index contributed by atoms with van der Waals surface area (Å²) < 4.78 is 15.5. The molecule has 100 valence electrons. The van der Waals surface area contributed by atoms with Crippen LogP contribution >= 0.6 is 0 Å². The van der Waals surface area contributed by atoms with E-state index in [1.54, 1.807) is 6.07 Å². The van der Waals surface area contributed by atoms with E-state index in [2.05, 4.69) is 19.9 Å². The molecule has 2 rings (SSSR count). The van der Waals surface area contributed by atoms with E-state index < -0.39 is 0 Å². The smallest absolute Gasteiger partial charge is 0.227 e. The summed E-state index contributed by atoms with van der Waals surface area (Å²) in [6, 6.07) is 1.59. The van der Waals surface area contributed by atoms with Crippen LogP contribution in [0.2, 0.25) is 0 Å². The topological polar surface area (TPSA) is 79.2 Å². The highest BCUT2D eigenvalue weighted by molar-refractivity contribution is 5.64. The largest absolute Gasteiger partial charge is 0.481 e. The molecule has 0 saturated carbocycles. The van der Waals surface area contributed by atoms with Crippen LogP contribution in [0.5, 0.6) is 17.6 Å². The number of hydrogen-bond donors (Lipinski definition) is 0. The minimum absolute atomic E-state index is 0.395. The normalized spacial score (nSPS) is 10.1. The Morgan fingerprint density at radius 2 is 1.53 bits per heavy atom. The summed E-state index contributed by atoms with van der Waals surface area (Å²) in [5.41, 5.74) is 1.32. The maximum Gasteiger partial charge on any atom is 0.227 e. The van der Waals surface area contributed by atoms with Crippen molar-refractivity contribution in [2.45, 2.75) is 6.92 Å². The second-order valence-electron chi connectivity index (χ2n) is 3.62. The SMILES string of the molecule is COc1cc(OC)nc(-c2c(C)ncnc2OC)n1. The number of aromatic nitrogens is 4. The van der Waals surface area contributed by atoms with Gasteiger partial charge in [-0.1, -0.05) is 0 Å². The Bertz CT molecular complexity index is 567. The standard InChI is InChI=1S/C12H14N4O3/c1-7-10(12(19-4)14-6-13-7)11-15-8(17-2)5-9(16-11)18-3/h5-6H,1-4H3. The second-order valence-corrected chi connectivity index (χ2v) is 3.62. The van der Waals surface area contributed by atoms with Crippen molar-refractivity contribution in [1.82, 2.24) is 19.9 Å². The lowest BCUT2D eigenvalue weighted by Crippen LogP contribution is -2.02. The van der Waals surface area contributed by atoms with Gasteiger partial charge < -0.3 is 14.2 Å². The fourth-order valence-corrected chi connectivity index (χ4v) is 1.59. The molecular formula is C12H14N4O3. The van der Waals surface area contributed by atoms with Gasteiger partial charge in [0, 0.05) is 0 Å². The highest BCUT2D eigenvalue weighted by atomic mass is 16.5. The monoisotopic (exact) mass is 262 g/mol. The Hall–Kier alpha value is -2.44. The predicted octanol–water partition coefficient (Wildman–Crippen LogP) is 1.27. The average Bonchev–Trinajstić information content (AvgIpc) is 2.46. The van der Waals surface area contributed by atoms with Crippen molar-refractivity contribution in [1.29, 1.82) is 0 Å². The Morgan fingerprint density at radius 3 is 2.05 bits per heavy atom. The first-order valence-electron chi connectivity index (χ1n) is 5.52. The molecule has 0 bridgehead atoms. The van der Waals surface area contributed by atoms with E-state index in [0.29, 0.717) is 34.7 Å². The number of hydrogen-bond acceptors (Lipinski definition) is 7. The summed E-state index contributed by atoms with van der Waals surface area (Å²) in [7, 11) is 4.58. The molecule has 2 aromatic heterocycles. The van der Waals surface area contributed by atoms with Gasteiger partial charge in [0.05, 0.1) is 33.1 Å². The van der Waals surface area contributed by atoms with E-state index >= 15 is 0 Å². The van der Waals surface area contributed by atoms with Gasteiger partial charge in [0.1, 0.15) is 11.9 Å². The van der Waals surface area contributed by atoms with Crippen molar-refractivity contribution in [2.24, 2.45) is 0 Å². The number of ether oxygens (including phenoxy) is 3. The molecular weight excluding hydrogens is 248 g/mol. The van der Waals surface area contributed by atoms with E-state index in [1.165, 1.54) is 27.7 Å². The highest BCUT2D eigenvalue weighted by Gasteiger charge is 2.16. The molecule has 2 heterocycles. The maximum absolute atomic E-state index is 5.21. The lowest BCUT2D eigenvalue weighted by atomic mass is 10.2. The third kappa shape index (κ3) is 2.54. The molecule has 0 aliphatic rings. The maximum atomic E-state index is 5.21. The van der Waals surface area contributed by atoms with Gasteiger partial charge in [-0.3, -0.25) is 0 Å². The molecule has 0 aromatic carbocycles. The van der Waals surface area contributed by atoms with E-state index in [1.807, 2.05) is 6.92 Å². The summed E-state index contributed by atoms with van der Waals surface area (Å²) in [5, 5.41) is 0. The summed E-state index contributed by atoms with van der Waals surface area (Å²) in [4.78, 5) is 16.7. The average molecular weight is 262 g/mol. The molecule has 0 N–H and O–H groups in total. The number of rotatable bonds is 4. The van der Waals surface area contributed by atoms with Crippen LogP contribution < -0.4 is 14.2 Å². The van der Waals surface area contributed by atoms with E-state index in [0.717, 1.165) is 0 Å². The Balaban J connectivity index is 2.64. The zero-order valence-electron chi connectivity index (χ0n) is 11.2. The summed E-state index contributed by atoms with van der Waals surface area (Å²) in [5.74, 6) is 1.59. The molecule has 19 heavy (non-hydrogen) atoms. The number of nitrogens with zero attached hydrogens (tertiary/aromatic N) is 4. The predicted molar refractivity (Wildman–Crippen MR) is 67.5 cm³/mol. The molecule has 0 aliphatic heterocycles. The van der Waals surface area contributed by atoms with Crippen molar-refractivity contribution < 1.29 is 14.2 Å². The van der Waals surface area contributed by atoms with Crippen molar-refractivity contribution in [3.8, 4) is 29.0 Å². The number of methoxy groups -OCH3 is 3. The van der Waals surface area contributed by atoms with Crippen molar-refractivity contribution in [3.63, 3.8) is 0 Å². The lowest BCUT2D eigenvalue weighted by Gasteiger charge is -2.10. The Kier molecular flexibility index (Phi) is 3.74. The van der Waals surface area contributed by atoms with Crippen LogP contribution in [0.4, 0.5) is 0 Å². The van der Waals surface area contributed by atoms with Gasteiger partial charge in [0.2, 0.25) is 17.6 Å². The van der Waals surface area contributed by atoms with Gasteiger partial charge in [-0.25, -0.2) is 9.97 Å². The molecule has 7 nitrogen and oxygen atoms in total. The van der Waals surface area contributed by atoms with Gasteiger partial charge >= 0.3 is 0 Å². The van der Waals surface area contributed by atoms with Crippen LogP contribution in [-0.2, 0) is 0 Å². The molecule has 0 spiro atoms. The first kappa shape index (κ1) is 13.0. The molecule has 2 aromatic rings. The summed E-state index contributed by atoms with van der Waals surface area (Å²) >= 11 is 0. The van der Waals surface area contributed by atoms with Crippen molar-refractivity contribution >= 4 is 0 Å². The molecule has 0 fully saturated rings. The highest BCUT2D eigenvalue weighted by Crippen LogP contribution is 2.30. The second kappa shape index (κ2) is 5.47. The minimum atomic E-state index is 0.395. The van der Waals surface area contributed by atoms with Gasteiger partial charge in [-0.15, -0.1) is 0 Å². The van der Waals surface area contributed by atoms with E-state index in [9.17, 15) is 0 Å². The molecule has 0 aliphatic carbocycles. The van der Waals surface area contributed by atoms with Gasteiger partial charge in [0.15, 0.2) is 5.82 Å². The molecule has 0 atom stereocenters. The van der Waals surface area contributed by atoms with Gasteiger partial charge in [0.25, 0.3) is 0 Å². The van der Waals surface area contributed by atoms with Crippen LogP contribution in [0, 0.1) is 6.92 Å². The van der Waals surface area contributed by atoms with Crippen molar-refractivity contribution in [3.05, 3.63) is 18.1 Å². The Morgan fingerprint density at radius 1 is 0.895 bits per heavy atom. The molecule has 0 amide bonds. The fraction of sp³-hybridized carbons (Fsp3) is 0.333. The zero-order valence-corrected chi connectivity index (χ0v) is 11.2. The van der Waals surface area contributed by atoms with Gasteiger partial charge in [-0.05, 0) is 6.92 Å². The molecule has 0 saturated heterocycles. The third-order valence-electron chi connectivity index (χ3n) is 2.52. The first-order chi connectivity index (χ1) is 9.19. The van der Waals surface area contributed by atoms with E-state index in [4.69, 9.17) is 14.2 Å². The van der Waals surface area contributed by atoms with Gasteiger partial charge in [-0.2, -0.15) is 9.97 Å². The minimum Gasteiger partial charge on any atom is -0.481 e. The number of aryl methyl sites for hydroxylation is 1.